The first-order valence-corrected chi connectivity index (χ1v) is 9.83. The second-order valence-corrected chi connectivity index (χ2v) is 8.27. The molecule has 4 heterocycles. The van der Waals surface area contributed by atoms with E-state index in [2.05, 4.69) is 37.1 Å². The maximum absolute atomic E-state index is 6.02. The minimum atomic E-state index is 0.164. The molecule has 0 bridgehead atoms. The van der Waals surface area contributed by atoms with E-state index >= 15 is 0 Å². The van der Waals surface area contributed by atoms with Gasteiger partial charge in [-0.3, -0.25) is 9.88 Å². The molecular formula is C18H25N5OS. The number of ether oxygens (including phenoxy) is 1. The topological polar surface area (TPSA) is 54.4 Å². The van der Waals surface area contributed by atoms with Crippen LogP contribution in [0.3, 0.4) is 0 Å². The number of aromatic nitrogens is 3. The number of aryl methyl sites for hydroxylation is 1. The average Bonchev–Trinajstić information content (AvgIpc) is 2.94. The molecule has 2 aliphatic rings. The standard InChI is InChI=1S/C18H25N5OS/c1-15-21-16(11-25-15)10-22-7-8-24-14-18(12-22)3-2-6-23(13-18)17-9-19-4-5-20-17/h4-5,9,11H,2-3,6-8,10,12-14H2,1H3/t18-/m0/s1. The Kier molecular flexibility index (Phi) is 4.96. The fourth-order valence-corrected chi connectivity index (χ4v) is 4.63. The Labute approximate surface area is 152 Å². The van der Waals surface area contributed by atoms with Crippen LogP contribution in [0.1, 0.15) is 23.5 Å². The molecule has 2 saturated heterocycles. The van der Waals surface area contributed by atoms with Gasteiger partial charge in [-0.2, -0.15) is 0 Å². The largest absolute Gasteiger partial charge is 0.379 e. The summed E-state index contributed by atoms with van der Waals surface area (Å²) in [5.74, 6) is 0.979. The summed E-state index contributed by atoms with van der Waals surface area (Å²) >= 11 is 1.73. The highest BCUT2D eigenvalue weighted by Gasteiger charge is 2.39. The van der Waals surface area contributed by atoms with Crippen LogP contribution in [0.25, 0.3) is 0 Å². The molecule has 6 nitrogen and oxygen atoms in total. The molecule has 0 amide bonds. The third-order valence-corrected chi connectivity index (χ3v) is 5.93. The van der Waals surface area contributed by atoms with Crippen LogP contribution >= 0.6 is 11.3 Å². The molecule has 0 radical (unpaired) electrons. The highest BCUT2D eigenvalue weighted by molar-refractivity contribution is 7.09. The third-order valence-electron chi connectivity index (χ3n) is 5.11. The highest BCUT2D eigenvalue weighted by Crippen LogP contribution is 2.34. The zero-order valence-corrected chi connectivity index (χ0v) is 15.5. The lowest BCUT2D eigenvalue weighted by molar-refractivity contribution is 0.0555. The van der Waals surface area contributed by atoms with Crippen molar-refractivity contribution in [1.82, 2.24) is 19.9 Å². The quantitative estimate of drug-likeness (QED) is 0.839. The highest BCUT2D eigenvalue weighted by atomic mass is 32.1. The molecule has 4 rings (SSSR count). The monoisotopic (exact) mass is 359 g/mol. The van der Waals surface area contributed by atoms with E-state index < -0.39 is 0 Å². The molecule has 2 aliphatic heterocycles. The van der Waals surface area contributed by atoms with Crippen LogP contribution in [-0.2, 0) is 11.3 Å². The Bertz CT molecular complexity index is 694. The van der Waals surface area contributed by atoms with Crippen molar-refractivity contribution in [2.75, 3.05) is 44.3 Å². The Morgan fingerprint density at radius 3 is 3.04 bits per heavy atom. The maximum atomic E-state index is 6.02. The number of hydrogen-bond acceptors (Lipinski definition) is 7. The molecule has 7 heteroatoms. The van der Waals surface area contributed by atoms with Gasteiger partial charge in [0.05, 0.1) is 30.1 Å². The summed E-state index contributed by atoms with van der Waals surface area (Å²) in [6, 6.07) is 0. The van der Waals surface area contributed by atoms with Crippen LogP contribution in [0.2, 0.25) is 0 Å². The summed E-state index contributed by atoms with van der Waals surface area (Å²) in [6.45, 7) is 8.68. The van der Waals surface area contributed by atoms with Gasteiger partial charge in [0.1, 0.15) is 5.82 Å². The van der Waals surface area contributed by atoms with Crippen LogP contribution in [0.4, 0.5) is 5.82 Å². The van der Waals surface area contributed by atoms with Gasteiger partial charge in [0, 0.05) is 55.9 Å². The lowest BCUT2D eigenvalue weighted by atomic mass is 9.80. The average molecular weight is 359 g/mol. The molecule has 0 aromatic carbocycles. The molecule has 1 spiro atoms. The molecule has 2 fully saturated rings. The van der Waals surface area contributed by atoms with Gasteiger partial charge in [-0.1, -0.05) is 0 Å². The molecular weight excluding hydrogens is 334 g/mol. The van der Waals surface area contributed by atoms with Crippen LogP contribution in [0.5, 0.6) is 0 Å². The fraction of sp³-hybridized carbons (Fsp3) is 0.611. The van der Waals surface area contributed by atoms with Gasteiger partial charge in [0.15, 0.2) is 0 Å². The Morgan fingerprint density at radius 2 is 2.24 bits per heavy atom. The molecule has 0 aliphatic carbocycles. The van der Waals surface area contributed by atoms with E-state index in [1.807, 2.05) is 6.20 Å². The Morgan fingerprint density at radius 1 is 1.28 bits per heavy atom. The molecule has 25 heavy (non-hydrogen) atoms. The van der Waals surface area contributed by atoms with Gasteiger partial charge >= 0.3 is 0 Å². The smallest absolute Gasteiger partial charge is 0.147 e. The van der Waals surface area contributed by atoms with Crippen LogP contribution < -0.4 is 4.90 Å². The van der Waals surface area contributed by atoms with E-state index in [0.717, 1.165) is 56.8 Å². The zero-order chi connectivity index (χ0) is 17.1. The second-order valence-electron chi connectivity index (χ2n) is 7.21. The van der Waals surface area contributed by atoms with Gasteiger partial charge in [-0.25, -0.2) is 9.97 Å². The summed E-state index contributed by atoms with van der Waals surface area (Å²) in [4.78, 5) is 18.3. The summed E-state index contributed by atoms with van der Waals surface area (Å²) in [6.07, 6.45) is 7.75. The first kappa shape index (κ1) is 16.9. The predicted octanol–water partition coefficient (Wildman–Crippen LogP) is 2.36. The number of hydrogen-bond donors (Lipinski definition) is 0. The lowest BCUT2D eigenvalue weighted by Gasteiger charge is -2.44. The van der Waals surface area contributed by atoms with Crippen molar-refractivity contribution in [3.05, 3.63) is 34.7 Å². The normalized spacial score (nSPS) is 25.2. The van der Waals surface area contributed by atoms with Crippen molar-refractivity contribution < 1.29 is 4.74 Å². The summed E-state index contributed by atoms with van der Waals surface area (Å²) < 4.78 is 6.02. The van der Waals surface area contributed by atoms with E-state index in [0.29, 0.717) is 0 Å². The fourth-order valence-electron chi connectivity index (χ4n) is 4.03. The van der Waals surface area contributed by atoms with Crippen molar-refractivity contribution in [1.29, 1.82) is 0 Å². The number of thiazole rings is 1. The zero-order valence-electron chi connectivity index (χ0n) is 14.7. The van der Waals surface area contributed by atoms with Gasteiger partial charge in [-0.05, 0) is 19.8 Å². The van der Waals surface area contributed by atoms with E-state index in [1.165, 1.54) is 18.5 Å². The molecule has 134 valence electrons. The summed E-state index contributed by atoms with van der Waals surface area (Å²) in [5.41, 5.74) is 1.35. The van der Waals surface area contributed by atoms with Crippen molar-refractivity contribution in [2.24, 2.45) is 5.41 Å². The van der Waals surface area contributed by atoms with Crippen molar-refractivity contribution in [3.63, 3.8) is 0 Å². The van der Waals surface area contributed by atoms with E-state index in [1.54, 1.807) is 23.7 Å². The van der Waals surface area contributed by atoms with Gasteiger partial charge in [0.2, 0.25) is 0 Å². The second kappa shape index (κ2) is 7.35. The summed E-state index contributed by atoms with van der Waals surface area (Å²) in [7, 11) is 0. The first-order chi connectivity index (χ1) is 12.2. The lowest BCUT2D eigenvalue weighted by Crippen LogP contribution is -2.50. The van der Waals surface area contributed by atoms with E-state index in [9.17, 15) is 0 Å². The molecule has 0 N–H and O–H groups in total. The number of anilines is 1. The van der Waals surface area contributed by atoms with Gasteiger partial charge < -0.3 is 9.64 Å². The third kappa shape index (κ3) is 3.99. The van der Waals surface area contributed by atoms with Crippen LogP contribution in [0, 0.1) is 12.3 Å². The maximum Gasteiger partial charge on any atom is 0.147 e. The van der Waals surface area contributed by atoms with Crippen LogP contribution in [0.15, 0.2) is 24.0 Å². The minimum absolute atomic E-state index is 0.164. The van der Waals surface area contributed by atoms with Gasteiger partial charge in [0.25, 0.3) is 0 Å². The minimum Gasteiger partial charge on any atom is -0.379 e. The summed E-state index contributed by atoms with van der Waals surface area (Å²) in [5, 5.41) is 3.32. The molecule has 2 aromatic heterocycles. The van der Waals surface area contributed by atoms with Gasteiger partial charge in [-0.15, -0.1) is 11.3 Å². The van der Waals surface area contributed by atoms with Crippen molar-refractivity contribution in [3.8, 4) is 0 Å². The van der Waals surface area contributed by atoms with E-state index in [-0.39, 0.29) is 5.41 Å². The SMILES string of the molecule is Cc1nc(CN2CCOC[C@@]3(CCCN(c4cnccn4)C3)C2)cs1. The first-order valence-electron chi connectivity index (χ1n) is 8.95. The Balaban J connectivity index is 1.48. The van der Waals surface area contributed by atoms with Crippen LogP contribution in [-0.4, -0.2) is 59.2 Å². The number of rotatable bonds is 3. The molecule has 0 saturated carbocycles. The van der Waals surface area contributed by atoms with Crippen molar-refractivity contribution >= 4 is 17.2 Å². The Hall–Kier alpha value is -1.57. The molecule has 0 unspecified atom stereocenters. The van der Waals surface area contributed by atoms with E-state index in [4.69, 9.17) is 4.74 Å². The van der Waals surface area contributed by atoms with Crippen molar-refractivity contribution in [2.45, 2.75) is 26.3 Å². The number of piperidine rings is 1. The number of nitrogens with zero attached hydrogens (tertiary/aromatic N) is 5. The molecule has 1 atom stereocenters. The predicted molar refractivity (Wildman–Crippen MR) is 98.9 cm³/mol. The molecule has 2 aromatic rings.